The van der Waals surface area contributed by atoms with Gasteiger partial charge in [-0.25, -0.2) is 4.79 Å². The smallest absolute Gasteiger partial charge is 0.343 e. The second-order valence-corrected chi connectivity index (χ2v) is 7.15. The van der Waals surface area contributed by atoms with E-state index in [9.17, 15) is 9.59 Å². The Morgan fingerprint density at radius 2 is 1.55 bits per heavy atom. The van der Waals surface area contributed by atoms with E-state index in [0.717, 1.165) is 10.0 Å². The SMILES string of the molecule is O=C(/C=C/c1ccc(OC(=O)c2ccc3c(c2)OCO3)cc1)c1ccc(Br)cc1. The highest BCUT2D eigenvalue weighted by Gasteiger charge is 2.17. The number of halogens is 1. The minimum atomic E-state index is -0.489. The van der Waals surface area contributed by atoms with Gasteiger partial charge < -0.3 is 14.2 Å². The molecule has 6 heteroatoms. The van der Waals surface area contributed by atoms with Crippen LogP contribution in [0.2, 0.25) is 0 Å². The lowest BCUT2D eigenvalue weighted by atomic mass is 10.1. The second kappa shape index (κ2) is 8.32. The van der Waals surface area contributed by atoms with Gasteiger partial charge in [0, 0.05) is 10.0 Å². The summed E-state index contributed by atoms with van der Waals surface area (Å²) in [5.41, 5.74) is 1.80. The predicted octanol–water partition coefficient (Wildman–Crippen LogP) is 5.29. The number of ketones is 1. The first-order valence-corrected chi connectivity index (χ1v) is 9.58. The van der Waals surface area contributed by atoms with Gasteiger partial charge in [-0.05, 0) is 66.2 Å². The highest BCUT2D eigenvalue weighted by atomic mass is 79.9. The van der Waals surface area contributed by atoms with Crippen molar-refractivity contribution in [2.24, 2.45) is 0 Å². The van der Waals surface area contributed by atoms with Gasteiger partial charge in [0.05, 0.1) is 5.56 Å². The largest absolute Gasteiger partial charge is 0.454 e. The number of carbonyl (C=O) groups excluding carboxylic acids is 2. The lowest BCUT2D eigenvalue weighted by Gasteiger charge is -2.05. The molecule has 29 heavy (non-hydrogen) atoms. The number of hydrogen-bond donors (Lipinski definition) is 0. The summed E-state index contributed by atoms with van der Waals surface area (Å²) in [6.45, 7) is 0.146. The molecule has 3 aromatic rings. The molecule has 0 fully saturated rings. The maximum atomic E-state index is 12.3. The van der Waals surface area contributed by atoms with Crippen LogP contribution in [-0.2, 0) is 0 Å². The van der Waals surface area contributed by atoms with E-state index in [1.165, 1.54) is 6.08 Å². The lowest BCUT2D eigenvalue weighted by molar-refractivity contribution is 0.0734. The molecule has 0 N–H and O–H groups in total. The third kappa shape index (κ3) is 4.55. The number of esters is 1. The zero-order chi connectivity index (χ0) is 20.2. The fourth-order valence-electron chi connectivity index (χ4n) is 2.72. The Morgan fingerprint density at radius 1 is 0.862 bits per heavy atom. The molecule has 5 nitrogen and oxygen atoms in total. The van der Waals surface area contributed by atoms with Crippen LogP contribution in [0.5, 0.6) is 17.2 Å². The average molecular weight is 451 g/mol. The molecule has 0 aliphatic carbocycles. The number of rotatable bonds is 5. The summed E-state index contributed by atoms with van der Waals surface area (Å²) in [7, 11) is 0. The first kappa shape index (κ1) is 19.0. The first-order chi connectivity index (χ1) is 14.1. The van der Waals surface area contributed by atoms with E-state index in [0.29, 0.717) is 28.4 Å². The Balaban J connectivity index is 1.39. The summed E-state index contributed by atoms with van der Waals surface area (Å²) < 4.78 is 16.8. The Hall–Kier alpha value is -3.38. The van der Waals surface area contributed by atoms with Crippen molar-refractivity contribution in [1.29, 1.82) is 0 Å². The molecule has 0 bridgehead atoms. The Bertz CT molecular complexity index is 1090. The van der Waals surface area contributed by atoms with Crippen molar-refractivity contribution in [3.05, 3.63) is 94.0 Å². The lowest BCUT2D eigenvalue weighted by Crippen LogP contribution is -2.08. The number of benzene rings is 3. The molecule has 4 rings (SSSR count). The van der Waals surface area contributed by atoms with Gasteiger partial charge in [-0.1, -0.05) is 34.1 Å². The molecule has 1 aliphatic rings. The molecule has 0 radical (unpaired) electrons. The van der Waals surface area contributed by atoms with Crippen molar-refractivity contribution in [3.8, 4) is 17.2 Å². The van der Waals surface area contributed by atoms with Crippen molar-refractivity contribution in [2.45, 2.75) is 0 Å². The number of fused-ring (bicyclic) bond motifs is 1. The maximum absolute atomic E-state index is 12.3. The summed E-state index contributed by atoms with van der Waals surface area (Å²) in [4.78, 5) is 24.5. The maximum Gasteiger partial charge on any atom is 0.343 e. The molecular formula is C23H15BrO5. The summed E-state index contributed by atoms with van der Waals surface area (Å²) in [6, 6.07) is 19.0. The van der Waals surface area contributed by atoms with E-state index in [1.54, 1.807) is 60.7 Å². The normalized spacial score (nSPS) is 12.2. The molecule has 3 aromatic carbocycles. The van der Waals surface area contributed by atoms with Crippen molar-refractivity contribution in [3.63, 3.8) is 0 Å². The Morgan fingerprint density at radius 3 is 2.31 bits per heavy atom. The molecule has 0 aromatic heterocycles. The van der Waals surface area contributed by atoms with Gasteiger partial charge in [0.25, 0.3) is 0 Å². The van der Waals surface area contributed by atoms with Crippen LogP contribution in [0.1, 0.15) is 26.3 Å². The highest BCUT2D eigenvalue weighted by molar-refractivity contribution is 9.10. The van der Waals surface area contributed by atoms with E-state index in [4.69, 9.17) is 14.2 Å². The van der Waals surface area contributed by atoms with Gasteiger partial charge in [-0.2, -0.15) is 0 Å². The number of hydrogen-bond acceptors (Lipinski definition) is 5. The van der Waals surface area contributed by atoms with Gasteiger partial charge in [0.1, 0.15) is 5.75 Å². The van der Waals surface area contributed by atoms with E-state index in [-0.39, 0.29) is 12.6 Å². The van der Waals surface area contributed by atoms with Crippen LogP contribution in [-0.4, -0.2) is 18.5 Å². The second-order valence-electron chi connectivity index (χ2n) is 6.23. The van der Waals surface area contributed by atoms with Crippen molar-refractivity contribution in [2.75, 3.05) is 6.79 Å². The number of ether oxygens (including phenoxy) is 3. The van der Waals surface area contributed by atoms with Gasteiger partial charge in [0.2, 0.25) is 6.79 Å². The van der Waals surface area contributed by atoms with Gasteiger partial charge >= 0.3 is 5.97 Å². The molecule has 0 saturated heterocycles. The van der Waals surface area contributed by atoms with Crippen LogP contribution in [0.25, 0.3) is 6.08 Å². The van der Waals surface area contributed by atoms with E-state index in [2.05, 4.69) is 15.9 Å². The zero-order valence-electron chi connectivity index (χ0n) is 15.1. The van der Waals surface area contributed by atoms with E-state index < -0.39 is 5.97 Å². The molecular weight excluding hydrogens is 436 g/mol. The molecule has 1 aliphatic heterocycles. The van der Waals surface area contributed by atoms with Crippen LogP contribution in [0.3, 0.4) is 0 Å². The van der Waals surface area contributed by atoms with Crippen molar-refractivity contribution in [1.82, 2.24) is 0 Å². The Labute approximate surface area is 175 Å². The third-order valence-electron chi connectivity index (χ3n) is 4.25. The van der Waals surface area contributed by atoms with Crippen LogP contribution >= 0.6 is 15.9 Å². The van der Waals surface area contributed by atoms with Gasteiger partial charge in [0.15, 0.2) is 17.3 Å². The van der Waals surface area contributed by atoms with Crippen molar-refractivity contribution < 1.29 is 23.8 Å². The molecule has 144 valence electrons. The minimum absolute atomic E-state index is 0.0872. The van der Waals surface area contributed by atoms with Gasteiger partial charge in [-0.15, -0.1) is 0 Å². The molecule has 0 amide bonds. The molecule has 1 heterocycles. The predicted molar refractivity (Wildman–Crippen MR) is 111 cm³/mol. The minimum Gasteiger partial charge on any atom is -0.454 e. The molecule has 0 spiro atoms. The summed E-state index contributed by atoms with van der Waals surface area (Å²) in [5, 5.41) is 0. The van der Waals surface area contributed by atoms with E-state index in [1.807, 2.05) is 12.1 Å². The molecule has 0 atom stereocenters. The fourth-order valence-corrected chi connectivity index (χ4v) is 2.98. The molecule has 0 unspecified atom stereocenters. The third-order valence-corrected chi connectivity index (χ3v) is 4.78. The van der Waals surface area contributed by atoms with Crippen LogP contribution in [0, 0.1) is 0 Å². The molecule has 0 saturated carbocycles. The monoisotopic (exact) mass is 450 g/mol. The quantitative estimate of drug-likeness (QED) is 0.228. The summed E-state index contributed by atoms with van der Waals surface area (Å²) in [5.74, 6) is 0.961. The van der Waals surface area contributed by atoms with Crippen LogP contribution in [0.15, 0.2) is 77.3 Å². The van der Waals surface area contributed by atoms with Crippen LogP contribution < -0.4 is 14.2 Å². The van der Waals surface area contributed by atoms with E-state index >= 15 is 0 Å². The standard InChI is InChI=1S/C23H15BrO5/c24-18-7-4-16(5-8-18)20(25)11-3-15-1-9-19(10-2-15)29-23(26)17-6-12-21-22(13-17)28-14-27-21/h1-13H,14H2/b11-3+. The zero-order valence-corrected chi connectivity index (χ0v) is 16.7. The topological polar surface area (TPSA) is 61.8 Å². The highest BCUT2D eigenvalue weighted by Crippen LogP contribution is 2.32. The van der Waals surface area contributed by atoms with Crippen LogP contribution in [0.4, 0.5) is 0 Å². The fraction of sp³-hybridized carbons (Fsp3) is 0.0435. The average Bonchev–Trinajstić information content (AvgIpc) is 3.21. The summed E-state index contributed by atoms with van der Waals surface area (Å²) >= 11 is 3.34. The first-order valence-electron chi connectivity index (χ1n) is 8.78. The number of allylic oxidation sites excluding steroid dienone is 1. The summed E-state index contributed by atoms with van der Waals surface area (Å²) in [6.07, 6.45) is 3.23. The van der Waals surface area contributed by atoms with Gasteiger partial charge in [-0.3, -0.25) is 4.79 Å². The Kier molecular flexibility index (Phi) is 5.44. The number of carbonyl (C=O) groups is 2. The van der Waals surface area contributed by atoms with Crippen molar-refractivity contribution >= 4 is 33.8 Å².